The Morgan fingerprint density at radius 1 is 0.935 bits per heavy atom. The van der Waals surface area contributed by atoms with E-state index in [4.69, 9.17) is 0 Å². The van der Waals surface area contributed by atoms with E-state index in [1.54, 1.807) is 30.3 Å². The van der Waals surface area contributed by atoms with Crippen molar-refractivity contribution in [1.82, 2.24) is 15.5 Å². The molecule has 6 nitrogen and oxygen atoms in total. The average Bonchev–Trinajstić information content (AvgIpc) is 2.77. The number of halogens is 3. The molecule has 3 amide bonds. The van der Waals surface area contributed by atoms with E-state index >= 15 is 0 Å². The van der Waals surface area contributed by atoms with Gasteiger partial charge in [0.25, 0.3) is 11.8 Å². The summed E-state index contributed by atoms with van der Waals surface area (Å²) >= 11 is 0. The predicted octanol–water partition coefficient (Wildman–Crippen LogP) is 2.86. The number of nitrogens with one attached hydrogen (secondary N) is 2. The number of hydrogen-bond donors (Lipinski definition) is 2. The zero-order valence-corrected chi connectivity index (χ0v) is 16.6. The molecule has 2 N–H and O–H groups in total. The van der Waals surface area contributed by atoms with Crippen molar-refractivity contribution in [2.24, 2.45) is 0 Å². The van der Waals surface area contributed by atoms with Crippen LogP contribution >= 0.6 is 0 Å². The Kier molecular flexibility index (Phi) is 6.94. The first-order chi connectivity index (χ1) is 14.8. The quantitative estimate of drug-likeness (QED) is 0.761. The van der Waals surface area contributed by atoms with Crippen LogP contribution in [0.1, 0.15) is 39.1 Å². The van der Waals surface area contributed by atoms with Gasteiger partial charge in [0.1, 0.15) is 0 Å². The molecule has 1 fully saturated rings. The van der Waals surface area contributed by atoms with Gasteiger partial charge in [0, 0.05) is 24.7 Å². The normalized spacial score (nSPS) is 14.7. The summed E-state index contributed by atoms with van der Waals surface area (Å²) < 4.78 is 39.5. The van der Waals surface area contributed by atoms with Crippen LogP contribution in [-0.2, 0) is 11.0 Å². The van der Waals surface area contributed by atoms with Crippen molar-refractivity contribution in [3.8, 4) is 0 Å². The third-order valence-electron chi connectivity index (χ3n) is 5.06. The summed E-state index contributed by atoms with van der Waals surface area (Å²) in [6.07, 6.45) is -3.78. The summed E-state index contributed by atoms with van der Waals surface area (Å²) in [6.45, 7) is 0.268. The van der Waals surface area contributed by atoms with Gasteiger partial charge in [0.15, 0.2) is 0 Å². The lowest BCUT2D eigenvalue weighted by Gasteiger charge is -2.33. The maximum atomic E-state index is 13.2. The highest BCUT2D eigenvalue weighted by Crippen LogP contribution is 2.32. The topological polar surface area (TPSA) is 78.5 Å². The lowest BCUT2D eigenvalue weighted by Crippen LogP contribution is -2.48. The summed E-state index contributed by atoms with van der Waals surface area (Å²) in [4.78, 5) is 38.0. The van der Waals surface area contributed by atoms with Crippen LogP contribution in [0.5, 0.6) is 0 Å². The number of carbonyl (C=O) groups is 3. The standard InChI is InChI=1S/C22H22F3N3O3/c23-22(24,25)18-9-5-4-8-17(18)21(31)28-12-10-16(11-13-28)27-19(29)14-26-20(30)15-6-2-1-3-7-15/h1-9,16H,10-14H2,(H,26,30)(H,27,29). The molecule has 0 atom stereocenters. The number of amides is 3. The Morgan fingerprint density at radius 2 is 1.55 bits per heavy atom. The summed E-state index contributed by atoms with van der Waals surface area (Å²) in [5, 5.41) is 5.32. The predicted molar refractivity (Wildman–Crippen MR) is 107 cm³/mol. The molecule has 164 valence electrons. The van der Waals surface area contributed by atoms with E-state index in [2.05, 4.69) is 10.6 Å². The van der Waals surface area contributed by atoms with Crippen LogP contribution in [0.3, 0.4) is 0 Å². The van der Waals surface area contributed by atoms with Crippen LogP contribution in [0, 0.1) is 0 Å². The molecule has 0 aromatic heterocycles. The fourth-order valence-corrected chi connectivity index (χ4v) is 3.44. The first-order valence-electron chi connectivity index (χ1n) is 9.84. The smallest absolute Gasteiger partial charge is 0.352 e. The van der Waals surface area contributed by atoms with Crippen molar-refractivity contribution >= 4 is 17.7 Å². The molecule has 1 aliphatic heterocycles. The van der Waals surface area contributed by atoms with Gasteiger partial charge in [0.05, 0.1) is 17.7 Å². The lowest BCUT2D eigenvalue weighted by atomic mass is 10.0. The van der Waals surface area contributed by atoms with E-state index in [-0.39, 0.29) is 43.1 Å². The summed E-state index contributed by atoms with van der Waals surface area (Å²) in [7, 11) is 0. The number of nitrogens with zero attached hydrogens (tertiary/aromatic N) is 1. The van der Waals surface area contributed by atoms with Gasteiger partial charge in [-0.2, -0.15) is 13.2 Å². The number of hydrogen-bond acceptors (Lipinski definition) is 3. The van der Waals surface area contributed by atoms with Crippen LogP contribution in [0.4, 0.5) is 13.2 Å². The van der Waals surface area contributed by atoms with Crippen LogP contribution < -0.4 is 10.6 Å². The maximum absolute atomic E-state index is 13.2. The highest BCUT2D eigenvalue weighted by Gasteiger charge is 2.36. The molecule has 31 heavy (non-hydrogen) atoms. The maximum Gasteiger partial charge on any atom is 0.417 e. The Hall–Kier alpha value is -3.36. The SMILES string of the molecule is O=C(CNC(=O)c1ccccc1)NC1CCN(C(=O)c2ccccc2C(F)(F)F)CC1. The van der Waals surface area contributed by atoms with Gasteiger partial charge in [-0.05, 0) is 37.1 Å². The number of carbonyl (C=O) groups excluding carboxylic acids is 3. The second-order valence-corrected chi connectivity index (χ2v) is 7.23. The van der Waals surface area contributed by atoms with Crippen LogP contribution in [0.2, 0.25) is 0 Å². The van der Waals surface area contributed by atoms with E-state index in [0.717, 1.165) is 6.07 Å². The summed E-state index contributed by atoms with van der Waals surface area (Å²) in [5.41, 5.74) is -0.882. The van der Waals surface area contributed by atoms with Gasteiger partial charge in [-0.25, -0.2) is 0 Å². The second kappa shape index (κ2) is 9.63. The first kappa shape index (κ1) is 22.3. The van der Waals surface area contributed by atoms with Crippen LogP contribution in [0.25, 0.3) is 0 Å². The summed E-state index contributed by atoms with van der Waals surface area (Å²) in [5.74, 6) is -1.40. The monoisotopic (exact) mass is 433 g/mol. The minimum absolute atomic E-state index is 0.189. The van der Waals surface area contributed by atoms with Crippen molar-refractivity contribution in [2.75, 3.05) is 19.6 Å². The summed E-state index contributed by atoms with van der Waals surface area (Å²) in [6, 6.07) is 13.0. The molecule has 1 heterocycles. The van der Waals surface area contributed by atoms with Gasteiger partial charge in [0.2, 0.25) is 5.91 Å². The molecule has 2 aromatic carbocycles. The molecule has 0 saturated carbocycles. The average molecular weight is 433 g/mol. The highest BCUT2D eigenvalue weighted by molar-refractivity contribution is 5.97. The molecular formula is C22H22F3N3O3. The van der Waals surface area contributed by atoms with E-state index in [1.807, 2.05) is 0 Å². The molecule has 0 radical (unpaired) electrons. The fourth-order valence-electron chi connectivity index (χ4n) is 3.44. The Morgan fingerprint density at radius 3 is 2.19 bits per heavy atom. The van der Waals surface area contributed by atoms with Gasteiger partial charge >= 0.3 is 6.18 Å². The van der Waals surface area contributed by atoms with E-state index < -0.39 is 17.6 Å². The highest BCUT2D eigenvalue weighted by atomic mass is 19.4. The number of alkyl halides is 3. The Labute approximate surface area is 177 Å². The zero-order chi connectivity index (χ0) is 22.4. The first-order valence-corrected chi connectivity index (χ1v) is 9.84. The lowest BCUT2D eigenvalue weighted by molar-refractivity contribution is -0.138. The molecule has 0 spiro atoms. The van der Waals surface area contributed by atoms with Gasteiger partial charge in [-0.3, -0.25) is 14.4 Å². The van der Waals surface area contributed by atoms with Gasteiger partial charge < -0.3 is 15.5 Å². The number of likely N-dealkylation sites (tertiary alicyclic amines) is 1. The van der Waals surface area contributed by atoms with Gasteiger partial charge in [-0.1, -0.05) is 30.3 Å². The van der Waals surface area contributed by atoms with E-state index in [9.17, 15) is 27.6 Å². The number of benzene rings is 2. The van der Waals surface area contributed by atoms with Crippen LogP contribution in [-0.4, -0.2) is 48.3 Å². The molecule has 0 bridgehead atoms. The molecule has 9 heteroatoms. The van der Waals surface area contributed by atoms with E-state index in [1.165, 1.54) is 23.1 Å². The largest absolute Gasteiger partial charge is 0.417 e. The Balaban J connectivity index is 1.48. The number of piperidine rings is 1. The molecular weight excluding hydrogens is 411 g/mol. The van der Waals surface area contributed by atoms with Crippen molar-refractivity contribution in [2.45, 2.75) is 25.1 Å². The molecule has 2 aromatic rings. The second-order valence-electron chi connectivity index (χ2n) is 7.23. The number of rotatable bonds is 5. The molecule has 0 aliphatic carbocycles. The third-order valence-corrected chi connectivity index (χ3v) is 5.06. The van der Waals surface area contributed by atoms with E-state index in [0.29, 0.717) is 18.4 Å². The third kappa shape index (κ3) is 5.84. The van der Waals surface area contributed by atoms with Crippen molar-refractivity contribution in [1.29, 1.82) is 0 Å². The van der Waals surface area contributed by atoms with Crippen molar-refractivity contribution in [3.63, 3.8) is 0 Å². The van der Waals surface area contributed by atoms with Crippen molar-refractivity contribution in [3.05, 3.63) is 71.3 Å². The minimum atomic E-state index is -4.61. The molecule has 1 saturated heterocycles. The zero-order valence-electron chi connectivity index (χ0n) is 16.6. The van der Waals surface area contributed by atoms with Gasteiger partial charge in [-0.15, -0.1) is 0 Å². The molecule has 0 unspecified atom stereocenters. The molecule has 1 aliphatic rings. The van der Waals surface area contributed by atoms with Crippen LogP contribution in [0.15, 0.2) is 54.6 Å². The van der Waals surface area contributed by atoms with Crippen molar-refractivity contribution < 1.29 is 27.6 Å². The fraction of sp³-hybridized carbons (Fsp3) is 0.318. The minimum Gasteiger partial charge on any atom is -0.352 e. The molecule has 3 rings (SSSR count). The Bertz CT molecular complexity index is 940.